The molecule has 3 rings (SSSR count). The molecule has 2 aliphatic rings. The number of piperidine rings is 1. The molecule has 1 aromatic rings. The zero-order valence-electron chi connectivity index (χ0n) is 17.9. The van der Waals surface area contributed by atoms with Gasteiger partial charge in [-0.2, -0.15) is 5.26 Å². The number of hydroxylamine groups is 1. The van der Waals surface area contributed by atoms with Gasteiger partial charge in [-0.15, -0.1) is 0 Å². The Kier molecular flexibility index (Phi) is 7.59. The molecule has 1 aromatic carbocycles. The molecule has 2 N–H and O–H groups in total. The first kappa shape index (κ1) is 23.1. The number of aryl methyl sites for hydroxylation is 1. The van der Waals surface area contributed by atoms with Gasteiger partial charge in [0.05, 0.1) is 24.2 Å². The Morgan fingerprint density at radius 1 is 1.32 bits per heavy atom. The van der Waals surface area contributed by atoms with E-state index in [4.69, 9.17) is 10.00 Å². The molecule has 0 spiro atoms. The first-order valence-corrected chi connectivity index (χ1v) is 11.2. The molecule has 0 bridgehead atoms. The molecule has 2 aliphatic heterocycles. The highest BCUT2D eigenvalue weighted by atomic mass is 32.2. The largest absolute Gasteiger partial charge is 0.453 e. The number of benzene rings is 1. The lowest BCUT2D eigenvalue weighted by atomic mass is 9.79. The van der Waals surface area contributed by atoms with E-state index in [0.717, 1.165) is 25.1 Å². The van der Waals surface area contributed by atoms with E-state index in [-0.39, 0.29) is 0 Å². The van der Waals surface area contributed by atoms with Gasteiger partial charge in [0.15, 0.2) is 0 Å². The van der Waals surface area contributed by atoms with E-state index in [1.54, 1.807) is 16.8 Å². The normalized spacial score (nSPS) is 18.6. The summed E-state index contributed by atoms with van der Waals surface area (Å²) in [4.78, 5) is 25.8. The Hall–Kier alpha value is -2.54. The maximum atomic E-state index is 12.5. The monoisotopic (exact) mass is 444 g/mol. The van der Waals surface area contributed by atoms with Crippen molar-refractivity contribution in [3.63, 3.8) is 0 Å². The molecule has 1 fully saturated rings. The molecule has 2 amide bonds. The van der Waals surface area contributed by atoms with Gasteiger partial charge in [-0.1, -0.05) is 24.1 Å². The van der Waals surface area contributed by atoms with Crippen LogP contribution in [0.2, 0.25) is 0 Å². The van der Waals surface area contributed by atoms with Crippen LogP contribution in [-0.4, -0.2) is 65.5 Å². The Morgan fingerprint density at radius 3 is 2.61 bits per heavy atom. The number of methoxy groups -OCH3 is 1. The lowest BCUT2D eigenvalue weighted by Gasteiger charge is -2.40. The van der Waals surface area contributed by atoms with Crippen molar-refractivity contribution >= 4 is 29.5 Å². The van der Waals surface area contributed by atoms with Crippen LogP contribution in [0.5, 0.6) is 0 Å². The number of amides is 2. The minimum absolute atomic E-state index is 0.391. The fraction of sp³-hybridized carbons (Fsp3) is 0.500. The molecule has 0 radical (unpaired) electrons. The van der Waals surface area contributed by atoms with Crippen LogP contribution in [-0.2, 0) is 9.53 Å². The molecule has 9 heteroatoms. The van der Waals surface area contributed by atoms with Crippen LogP contribution in [0.1, 0.15) is 36.0 Å². The third kappa shape index (κ3) is 5.21. The van der Waals surface area contributed by atoms with Gasteiger partial charge in [-0.05, 0) is 55.0 Å². The number of nitrogens with one attached hydrogen (secondary N) is 1. The average molecular weight is 445 g/mol. The second kappa shape index (κ2) is 10.2. The summed E-state index contributed by atoms with van der Waals surface area (Å²) in [5, 5.41) is 18.3. The van der Waals surface area contributed by atoms with Gasteiger partial charge >= 0.3 is 6.09 Å². The highest BCUT2D eigenvalue weighted by Gasteiger charge is 2.43. The lowest BCUT2D eigenvalue weighted by Crippen LogP contribution is -2.51. The van der Waals surface area contributed by atoms with Crippen molar-refractivity contribution in [2.75, 3.05) is 39.0 Å². The number of ether oxygens (including phenoxy) is 1. The van der Waals surface area contributed by atoms with E-state index in [1.807, 2.05) is 30.6 Å². The number of nitriles is 1. The van der Waals surface area contributed by atoms with Crippen molar-refractivity contribution < 1.29 is 19.5 Å². The molecular weight excluding hydrogens is 416 g/mol. The first-order valence-electron chi connectivity index (χ1n) is 10.3. The molecule has 0 atom stereocenters. The Morgan fingerprint density at radius 2 is 2.06 bits per heavy atom. The summed E-state index contributed by atoms with van der Waals surface area (Å²) in [5.41, 5.74) is 5.31. The Bertz CT molecular complexity index is 903. The molecule has 1 saturated heterocycles. The van der Waals surface area contributed by atoms with E-state index in [2.05, 4.69) is 16.5 Å². The SMILES string of the molecule is COC(=O)N1CCC(CSN2CC=C(c3ccc(C#N)cc3C)CC2)(C(=O)NO)CC1. The smallest absolute Gasteiger partial charge is 0.409 e. The molecule has 0 aromatic heterocycles. The lowest BCUT2D eigenvalue weighted by molar-refractivity contribution is -0.141. The number of carbonyl (C=O) groups excluding carboxylic acids is 2. The minimum atomic E-state index is -0.725. The van der Waals surface area contributed by atoms with Crippen molar-refractivity contribution in [1.29, 1.82) is 5.26 Å². The molecule has 0 unspecified atom stereocenters. The van der Waals surface area contributed by atoms with E-state index < -0.39 is 17.4 Å². The van der Waals surface area contributed by atoms with Crippen molar-refractivity contribution in [3.05, 3.63) is 41.0 Å². The minimum Gasteiger partial charge on any atom is -0.453 e. The van der Waals surface area contributed by atoms with Crippen molar-refractivity contribution in [2.24, 2.45) is 5.41 Å². The topological polar surface area (TPSA) is 106 Å². The van der Waals surface area contributed by atoms with Crippen LogP contribution in [0.3, 0.4) is 0 Å². The molecule has 8 nitrogen and oxygen atoms in total. The van der Waals surface area contributed by atoms with Gasteiger partial charge in [0.2, 0.25) is 0 Å². The van der Waals surface area contributed by atoms with Gasteiger partial charge in [0.25, 0.3) is 5.91 Å². The van der Waals surface area contributed by atoms with Crippen LogP contribution in [0.25, 0.3) is 5.57 Å². The zero-order valence-corrected chi connectivity index (χ0v) is 18.7. The summed E-state index contributed by atoms with van der Waals surface area (Å²) in [6, 6.07) is 7.95. The summed E-state index contributed by atoms with van der Waals surface area (Å²) in [7, 11) is 1.35. The summed E-state index contributed by atoms with van der Waals surface area (Å²) in [6.45, 7) is 4.47. The van der Waals surface area contributed by atoms with Gasteiger partial charge < -0.3 is 9.64 Å². The van der Waals surface area contributed by atoms with Crippen molar-refractivity contribution in [1.82, 2.24) is 14.7 Å². The Labute approximate surface area is 186 Å². The fourth-order valence-electron chi connectivity index (χ4n) is 4.12. The predicted molar refractivity (Wildman–Crippen MR) is 118 cm³/mol. The van der Waals surface area contributed by atoms with E-state index in [1.165, 1.54) is 18.2 Å². The average Bonchev–Trinajstić information content (AvgIpc) is 2.82. The van der Waals surface area contributed by atoms with Gasteiger partial charge in [0.1, 0.15) is 0 Å². The Balaban J connectivity index is 1.61. The van der Waals surface area contributed by atoms with Crippen LogP contribution >= 0.6 is 11.9 Å². The molecule has 0 aliphatic carbocycles. The molecule has 0 saturated carbocycles. The second-order valence-corrected chi connectivity index (χ2v) is 9.02. The third-order valence-electron chi connectivity index (χ3n) is 6.13. The highest BCUT2D eigenvalue weighted by molar-refractivity contribution is 7.97. The number of rotatable bonds is 5. The van der Waals surface area contributed by atoms with Crippen LogP contribution < -0.4 is 5.48 Å². The number of likely N-dealkylation sites (tertiary alicyclic amines) is 1. The van der Waals surface area contributed by atoms with Gasteiger partial charge in [-0.25, -0.2) is 14.6 Å². The molecule has 166 valence electrons. The van der Waals surface area contributed by atoms with E-state index in [0.29, 0.717) is 37.2 Å². The predicted octanol–water partition coefficient (Wildman–Crippen LogP) is 2.96. The van der Waals surface area contributed by atoms with Crippen LogP contribution in [0, 0.1) is 23.7 Å². The van der Waals surface area contributed by atoms with Crippen molar-refractivity contribution in [2.45, 2.75) is 26.2 Å². The van der Waals surface area contributed by atoms with E-state index >= 15 is 0 Å². The highest BCUT2D eigenvalue weighted by Crippen LogP contribution is 2.37. The maximum absolute atomic E-state index is 12.5. The molecular formula is C22H28N4O4S. The number of nitrogens with zero attached hydrogens (tertiary/aromatic N) is 3. The van der Waals surface area contributed by atoms with E-state index in [9.17, 15) is 14.8 Å². The summed E-state index contributed by atoms with van der Waals surface area (Å²) in [6.07, 6.45) is 3.64. The fourth-order valence-corrected chi connectivity index (χ4v) is 5.37. The van der Waals surface area contributed by atoms with Crippen LogP contribution in [0.15, 0.2) is 24.3 Å². The molecule has 31 heavy (non-hydrogen) atoms. The zero-order chi connectivity index (χ0) is 22.4. The van der Waals surface area contributed by atoms with Gasteiger partial charge in [-0.3, -0.25) is 10.0 Å². The quantitative estimate of drug-likeness (QED) is 0.409. The maximum Gasteiger partial charge on any atom is 0.409 e. The standard InChI is InChI=1S/C22H28N4O4S/c1-16-13-17(14-23)3-4-19(16)18-5-9-26(10-6-18)31-15-22(20(27)24-29)7-11-25(12-8-22)21(28)30-2/h3-5,13,29H,6-12,15H2,1-2H3,(H,24,27). The molecule has 2 heterocycles. The summed E-state index contributed by atoms with van der Waals surface area (Å²) in [5.74, 6) is 0.138. The van der Waals surface area contributed by atoms with Gasteiger partial charge in [0, 0.05) is 31.9 Å². The summed E-state index contributed by atoms with van der Waals surface area (Å²) >= 11 is 1.61. The number of carbonyl (C=O) groups is 2. The first-order chi connectivity index (χ1) is 14.9. The summed E-state index contributed by atoms with van der Waals surface area (Å²) < 4.78 is 6.99. The second-order valence-electron chi connectivity index (χ2n) is 7.96. The third-order valence-corrected chi connectivity index (χ3v) is 7.51. The van der Waals surface area contributed by atoms with Crippen LogP contribution in [0.4, 0.5) is 4.79 Å². The number of hydrogen-bond acceptors (Lipinski definition) is 7. The van der Waals surface area contributed by atoms with Crippen molar-refractivity contribution in [3.8, 4) is 6.07 Å². The number of hydrogen-bond donors (Lipinski definition) is 2.